The zero-order valence-electron chi connectivity index (χ0n) is 10.9. The van der Waals surface area contributed by atoms with Crippen LogP contribution >= 0.6 is 23.2 Å². The molecule has 2 aliphatic heterocycles. The van der Waals surface area contributed by atoms with Crippen LogP contribution in [0, 0.1) is 5.92 Å². The molecule has 0 spiro atoms. The number of nitrogens with zero attached hydrogens (tertiary/aromatic N) is 1. The molecule has 4 atom stereocenters. The Hall–Kier alpha value is -0.570. The quantitative estimate of drug-likeness (QED) is 0.776. The second-order valence-corrected chi connectivity index (χ2v) is 6.50. The van der Waals surface area contributed by atoms with Gasteiger partial charge in [-0.25, -0.2) is 0 Å². The summed E-state index contributed by atoms with van der Waals surface area (Å²) in [4.78, 5) is 14.2. The van der Waals surface area contributed by atoms with Gasteiger partial charge >= 0.3 is 0 Å². The molecule has 1 aromatic rings. The Kier molecular flexibility index (Phi) is 3.59. The van der Waals surface area contributed by atoms with Gasteiger partial charge < -0.3 is 0 Å². The van der Waals surface area contributed by atoms with Crippen LogP contribution in [0.2, 0.25) is 5.02 Å². The van der Waals surface area contributed by atoms with E-state index in [1.807, 2.05) is 24.3 Å². The normalized spacial score (nSPS) is 34.5. The van der Waals surface area contributed by atoms with Crippen LogP contribution in [0.1, 0.15) is 30.7 Å². The van der Waals surface area contributed by atoms with Gasteiger partial charge in [-0.15, -0.1) is 0 Å². The highest BCUT2D eigenvalue weighted by Crippen LogP contribution is 2.47. The molecular formula is C15H17Cl2NO. The molecule has 3 unspecified atom stereocenters. The third-order valence-electron chi connectivity index (χ3n) is 4.83. The largest absolute Gasteiger partial charge is 0.300 e. The van der Waals surface area contributed by atoms with E-state index >= 15 is 0 Å². The van der Waals surface area contributed by atoms with E-state index in [9.17, 15) is 4.79 Å². The van der Waals surface area contributed by atoms with Gasteiger partial charge in [0.05, 0.1) is 5.92 Å². The highest BCUT2D eigenvalue weighted by molar-refractivity contribution is 6.64. The zero-order valence-corrected chi connectivity index (χ0v) is 12.4. The average molecular weight is 298 g/mol. The SMILES string of the molecule is CN1C2CCC1[C@@H](C(=O)Cl)C(c1ccc(Cl)cc1)C2. The first-order valence-corrected chi connectivity index (χ1v) is 7.50. The Morgan fingerprint density at radius 3 is 2.58 bits per heavy atom. The number of rotatable bonds is 2. The van der Waals surface area contributed by atoms with E-state index in [1.54, 1.807) is 0 Å². The maximum Gasteiger partial charge on any atom is 0.226 e. The molecule has 2 nitrogen and oxygen atoms in total. The van der Waals surface area contributed by atoms with Gasteiger partial charge in [0.2, 0.25) is 5.24 Å². The summed E-state index contributed by atoms with van der Waals surface area (Å²) in [5.74, 6) is 0.141. The molecule has 2 bridgehead atoms. The molecule has 0 aromatic heterocycles. The highest BCUT2D eigenvalue weighted by atomic mass is 35.5. The van der Waals surface area contributed by atoms with Crippen LogP contribution in [0.3, 0.4) is 0 Å². The molecule has 2 aliphatic rings. The molecule has 3 rings (SSSR count). The van der Waals surface area contributed by atoms with Crippen molar-refractivity contribution < 1.29 is 4.79 Å². The fourth-order valence-corrected chi connectivity index (χ4v) is 4.25. The van der Waals surface area contributed by atoms with Crippen molar-refractivity contribution in [2.45, 2.75) is 37.3 Å². The summed E-state index contributed by atoms with van der Waals surface area (Å²) in [6, 6.07) is 8.73. The van der Waals surface area contributed by atoms with Gasteiger partial charge in [0, 0.05) is 17.1 Å². The number of carbonyl (C=O) groups is 1. The smallest absolute Gasteiger partial charge is 0.226 e. The summed E-state index contributed by atoms with van der Waals surface area (Å²) < 4.78 is 0. The molecule has 2 saturated heterocycles. The maximum absolute atomic E-state index is 11.9. The predicted molar refractivity (Wildman–Crippen MR) is 77.7 cm³/mol. The Morgan fingerprint density at radius 2 is 1.95 bits per heavy atom. The first-order valence-electron chi connectivity index (χ1n) is 6.74. The molecule has 1 aromatic carbocycles. The Balaban J connectivity index is 1.95. The molecule has 0 amide bonds. The average Bonchev–Trinajstić information content (AvgIpc) is 2.63. The van der Waals surface area contributed by atoms with Gasteiger partial charge in [0.25, 0.3) is 0 Å². The van der Waals surface area contributed by atoms with E-state index in [0.29, 0.717) is 12.1 Å². The maximum atomic E-state index is 11.9. The van der Waals surface area contributed by atoms with Crippen molar-refractivity contribution in [3.8, 4) is 0 Å². The minimum atomic E-state index is -0.197. The number of fused-ring (bicyclic) bond motifs is 2. The van der Waals surface area contributed by atoms with Crippen LogP contribution < -0.4 is 0 Å². The Bertz CT molecular complexity index is 487. The fourth-order valence-electron chi connectivity index (χ4n) is 3.83. The van der Waals surface area contributed by atoms with Crippen molar-refractivity contribution in [2.75, 3.05) is 7.05 Å². The van der Waals surface area contributed by atoms with Gasteiger partial charge in [-0.3, -0.25) is 9.69 Å². The van der Waals surface area contributed by atoms with Crippen LogP contribution in [0.15, 0.2) is 24.3 Å². The lowest BCUT2D eigenvalue weighted by Crippen LogP contribution is -2.47. The molecule has 0 radical (unpaired) electrons. The van der Waals surface area contributed by atoms with Crippen LogP contribution in [0.5, 0.6) is 0 Å². The molecule has 0 saturated carbocycles. The van der Waals surface area contributed by atoms with Crippen molar-refractivity contribution in [3.63, 3.8) is 0 Å². The topological polar surface area (TPSA) is 20.3 Å². The van der Waals surface area contributed by atoms with E-state index in [4.69, 9.17) is 23.2 Å². The monoisotopic (exact) mass is 297 g/mol. The number of halogens is 2. The van der Waals surface area contributed by atoms with Crippen molar-refractivity contribution in [2.24, 2.45) is 5.92 Å². The standard InChI is InChI=1S/C15H17Cl2NO/c1-18-11-6-7-13(18)14(15(17)19)12(8-11)9-2-4-10(16)5-3-9/h2-5,11-14H,6-8H2,1H3/t11?,12?,13?,14-/m0/s1. The first kappa shape index (κ1) is 13.4. The van der Waals surface area contributed by atoms with Crippen molar-refractivity contribution in [3.05, 3.63) is 34.9 Å². The summed E-state index contributed by atoms with van der Waals surface area (Å²) in [5.41, 5.74) is 1.19. The summed E-state index contributed by atoms with van der Waals surface area (Å²) in [6.45, 7) is 0. The van der Waals surface area contributed by atoms with Crippen molar-refractivity contribution >= 4 is 28.4 Å². The second-order valence-electron chi connectivity index (χ2n) is 5.69. The number of hydrogen-bond donors (Lipinski definition) is 0. The summed E-state index contributed by atoms with van der Waals surface area (Å²) in [5, 5.41) is 0.533. The van der Waals surface area contributed by atoms with Crippen LogP contribution in [-0.4, -0.2) is 29.3 Å². The summed E-state index contributed by atoms with van der Waals surface area (Å²) in [6.07, 6.45) is 3.26. The fraction of sp³-hybridized carbons (Fsp3) is 0.533. The van der Waals surface area contributed by atoms with E-state index in [0.717, 1.165) is 17.9 Å². The van der Waals surface area contributed by atoms with Gasteiger partial charge in [0.1, 0.15) is 0 Å². The Morgan fingerprint density at radius 1 is 1.26 bits per heavy atom. The minimum absolute atomic E-state index is 0.0911. The van der Waals surface area contributed by atoms with E-state index in [-0.39, 0.29) is 17.1 Å². The number of hydrogen-bond acceptors (Lipinski definition) is 2. The van der Waals surface area contributed by atoms with Crippen molar-refractivity contribution in [1.29, 1.82) is 0 Å². The molecule has 19 heavy (non-hydrogen) atoms. The number of benzene rings is 1. The lowest BCUT2D eigenvalue weighted by molar-refractivity contribution is -0.119. The van der Waals surface area contributed by atoms with Crippen LogP contribution in [0.25, 0.3) is 0 Å². The summed E-state index contributed by atoms with van der Waals surface area (Å²) >= 11 is 11.8. The number of piperidine rings is 1. The third kappa shape index (κ3) is 2.31. The molecular weight excluding hydrogens is 281 g/mol. The minimum Gasteiger partial charge on any atom is -0.300 e. The van der Waals surface area contributed by atoms with Gasteiger partial charge in [-0.05, 0) is 61.5 Å². The highest BCUT2D eigenvalue weighted by Gasteiger charge is 2.48. The van der Waals surface area contributed by atoms with Crippen LogP contribution in [-0.2, 0) is 4.79 Å². The third-order valence-corrected chi connectivity index (χ3v) is 5.33. The first-order chi connectivity index (χ1) is 9.08. The molecule has 102 valence electrons. The van der Waals surface area contributed by atoms with E-state index < -0.39 is 0 Å². The zero-order chi connectivity index (χ0) is 13.6. The molecule has 0 N–H and O–H groups in total. The molecule has 4 heteroatoms. The van der Waals surface area contributed by atoms with E-state index in [1.165, 1.54) is 12.0 Å². The van der Waals surface area contributed by atoms with Gasteiger partial charge in [-0.1, -0.05) is 23.7 Å². The molecule has 2 heterocycles. The lowest BCUT2D eigenvalue weighted by Gasteiger charge is -2.41. The molecule has 2 fully saturated rings. The Labute approximate surface area is 123 Å². The lowest BCUT2D eigenvalue weighted by atomic mass is 9.77. The summed E-state index contributed by atoms with van der Waals surface area (Å²) in [7, 11) is 2.12. The van der Waals surface area contributed by atoms with Gasteiger partial charge in [-0.2, -0.15) is 0 Å². The van der Waals surface area contributed by atoms with Crippen molar-refractivity contribution in [1.82, 2.24) is 4.90 Å². The van der Waals surface area contributed by atoms with Crippen LogP contribution in [0.4, 0.5) is 0 Å². The second kappa shape index (κ2) is 5.08. The van der Waals surface area contributed by atoms with Gasteiger partial charge in [0.15, 0.2) is 0 Å². The van der Waals surface area contributed by atoms with E-state index in [2.05, 4.69) is 11.9 Å². The molecule has 0 aliphatic carbocycles. The predicted octanol–water partition coefficient (Wildman–Crippen LogP) is 3.67. The number of carbonyl (C=O) groups excluding carboxylic acids is 1.